The number of hydrogen-bond acceptors (Lipinski definition) is 3. The summed E-state index contributed by atoms with van der Waals surface area (Å²) >= 11 is 0. The molecule has 3 aliphatic heterocycles. The van der Waals surface area contributed by atoms with Crippen molar-refractivity contribution in [1.29, 1.82) is 0 Å². The van der Waals surface area contributed by atoms with E-state index in [1.54, 1.807) is 0 Å². The molecule has 3 fully saturated rings. The van der Waals surface area contributed by atoms with E-state index in [-0.39, 0.29) is 0 Å². The third-order valence-electron chi connectivity index (χ3n) is 5.22. The quantitative estimate of drug-likeness (QED) is 0.755. The van der Waals surface area contributed by atoms with Crippen molar-refractivity contribution < 1.29 is 0 Å². The highest BCUT2D eigenvalue weighted by atomic mass is 15.3. The van der Waals surface area contributed by atoms with E-state index in [9.17, 15) is 0 Å². The van der Waals surface area contributed by atoms with Gasteiger partial charge in [0, 0.05) is 31.2 Å². The van der Waals surface area contributed by atoms with Gasteiger partial charge in [0.05, 0.1) is 0 Å². The summed E-state index contributed by atoms with van der Waals surface area (Å²) in [6, 6.07) is 0.766. The minimum atomic E-state index is 0.335. The Bertz CT molecular complexity index is 268. The Morgan fingerprint density at radius 2 is 2.12 bits per heavy atom. The van der Waals surface area contributed by atoms with Crippen LogP contribution in [-0.2, 0) is 0 Å². The summed E-state index contributed by atoms with van der Waals surface area (Å²) in [5.74, 6) is 0.874. The first-order chi connectivity index (χ1) is 7.76. The van der Waals surface area contributed by atoms with E-state index in [4.69, 9.17) is 5.73 Å². The van der Waals surface area contributed by atoms with Crippen LogP contribution in [0.15, 0.2) is 0 Å². The molecule has 0 aromatic carbocycles. The van der Waals surface area contributed by atoms with Gasteiger partial charge < -0.3 is 5.73 Å². The summed E-state index contributed by atoms with van der Waals surface area (Å²) in [6.45, 7) is 8.40. The molecule has 3 heteroatoms. The summed E-state index contributed by atoms with van der Waals surface area (Å²) in [6.07, 6.45) is 5.44. The average molecular weight is 223 g/mol. The van der Waals surface area contributed by atoms with Crippen molar-refractivity contribution in [3.05, 3.63) is 0 Å². The minimum Gasteiger partial charge on any atom is -0.329 e. The number of hydrogen-bond donors (Lipinski definition) is 1. The lowest BCUT2D eigenvalue weighted by Crippen LogP contribution is -2.59. The fourth-order valence-corrected chi connectivity index (χ4v) is 4.28. The molecule has 3 unspecified atom stereocenters. The molecule has 2 N–H and O–H groups in total. The summed E-state index contributed by atoms with van der Waals surface area (Å²) in [5.41, 5.74) is 6.52. The van der Waals surface area contributed by atoms with Crippen molar-refractivity contribution in [3.8, 4) is 0 Å². The molecule has 3 atom stereocenters. The molecule has 0 amide bonds. The second-order valence-corrected chi connectivity index (χ2v) is 6.09. The van der Waals surface area contributed by atoms with Gasteiger partial charge in [0.25, 0.3) is 0 Å². The Balaban J connectivity index is 1.82. The first-order valence-corrected chi connectivity index (χ1v) is 6.95. The van der Waals surface area contributed by atoms with Crippen molar-refractivity contribution in [3.63, 3.8) is 0 Å². The van der Waals surface area contributed by atoms with Gasteiger partial charge in [-0.3, -0.25) is 9.80 Å². The molecular formula is C13H25N3. The zero-order valence-electron chi connectivity index (χ0n) is 10.5. The first-order valence-electron chi connectivity index (χ1n) is 6.95. The number of nitrogens with two attached hydrogens (primary N) is 1. The standard InChI is InChI=1S/C13H25N3/c1-11-4-7-16(9-11)13(10-14)5-8-15-6-2-3-12(13)15/h11-12H,2-10,14H2,1H3. The topological polar surface area (TPSA) is 32.5 Å². The molecule has 0 radical (unpaired) electrons. The van der Waals surface area contributed by atoms with Gasteiger partial charge in [-0.15, -0.1) is 0 Å². The lowest BCUT2D eigenvalue weighted by atomic mass is 9.87. The Kier molecular flexibility index (Phi) is 2.73. The first kappa shape index (κ1) is 11.0. The van der Waals surface area contributed by atoms with Gasteiger partial charge in [-0.1, -0.05) is 6.92 Å². The van der Waals surface area contributed by atoms with E-state index in [0.29, 0.717) is 5.54 Å². The van der Waals surface area contributed by atoms with E-state index in [2.05, 4.69) is 16.7 Å². The SMILES string of the molecule is CC1CCN(C2(CN)CCN3CCCC32)C1. The molecule has 3 nitrogen and oxygen atoms in total. The van der Waals surface area contributed by atoms with Crippen molar-refractivity contribution >= 4 is 0 Å². The van der Waals surface area contributed by atoms with E-state index in [0.717, 1.165) is 18.5 Å². The van der Waals surface area contributed by atoms with Gasteiger partial charge >= 0.3 is 0 Å². The molecule has 3 saturated heterocycles. The largest absolute Gasteiger partial charge is 0.329 e. The van der Waals surface area contributed by atoms with Gasteiger partial charge in [-0.05, 0) is 44.7 Å². The van der Waals surface area contributed by atoms with Crippen LogP contribution in [-0.4, -0.2) is 54.1 Å². The zero-order chi connectivity index (χ0) is 11.2. The molecule has 0 aromatic heterocycles. The predicted octanol–water partition coefficient (Wildman–Crippen LogP) is 0.894. The Labute approximate surface area is 99.0 Å². The molecule has 0 aromatic rings. The van der Waals surface area contributed by atoms with Gasteiger partial charge in [0.2, 0.25) is 0 Å². The maximum Gasteiger partial charge on any atom is 0.0498 e. The van der Waals surface area contributed by atoms with Crippen molar-refractivity contribution in [2.45, 2.75) is 44.2 Å². The smallest absolute Gasteiger partial charge is 0.0498 e. The molecule has 16 heavy (non-hydrogen) atoms. The number of rotatable bonds is 2. The van der Waals surface area contributed by atoms with Crippen LogP contribution in [0.1, 0.15) is 32.6 Å². The molecule has 0 aliphatic carbocycles. The molecule has 0 spiro atoms. The zero-order valence-corrected chi connectivity index (χ0v) is 10.5. The van der Waals surface area contributed by atoms with Gasteiger partial charge in [-0.2, -0.15) is 0 Å². The third-order valence-corrected chi connectivity index (χ3v) is 5.22. The Morgan fingerprint density at radius 3 is 2.81 bits per heavy atom. The van der Waals surface area contributed by atoms with Gasteiger partial charge in [-0.25, -0.2) is 0 Å². The Hall–Kier alpha value is -0.120. The highest BCUT2D eigenvalue weighted by molar-refractivity contribution is 5.10. The van der Waals surface area contributed by atoms with E-state index < -0.39 is 0 Å². The normalized spacial score (nSPS) is 45.4. The van der Waals surface area contributed by atoms with Crippen LogP contribution in [0.5, 0.6) is 0 Å². The van der Waals surface area contributed by atoms with Crippen LogP contribution >= 0.6 is 0 Å². The number of likely N-dealkylation sites (tertiary alicyclic amines) is 1. The summed E-state index contributed by atoms with van der Waals surface area (Å²) in [5, 5.41) is 0. The fraction of sp³-hybridized carbons (Fsp3) is 1.00. The van der Waals surface area contributed by atoms with E-state index in [1.807, 2.05) is 0 Å². The van der Waals surface area contributed by atoms with Crippen LogP contribution in [0.25, 0.3) is 0 Å². The molecule has 3 aliphatic rings. The maximum absolute atomic E-state index is 6.18. The molecular weight excluding hydrogens is 198 g/mol. The van der Waals surface area contributed by atoms with E-state index >= 15 is 0 Å². The van der Waals surface area contributed by atoms with Crippen molar-refractivity contribution in [2.75, 3.05) is 32.7 Å². The Morgan fingerprint density at radius 1 is 1.25 bits per heavy atom. The highest BCUT2D eigenvalue weighted by Gasteiger charge is 2.52. The summed E-state index contributed by atoms with van der Waals surface area (Å²) in [4.78, 5) is 5.42. The maximum atomic E-state index is 6.18. The summed E-state index contributed by atoms with van der Waals surface area (Å²) in [7, 11) is 0. The number of fused-ring (bicyclic) bond motifs is 1. The fourth-order valence-electron chi connectivity index (χ4n) is 4.28. The molecule has 3 heterocycles. The minimum absolute atomic E-state index is 0.335. The third kappa shape index (κ3) is 1.45. The average Bonchev–Trinajstić information content (AvgIpc) is 2.93. The van der Waals surface area contributed by atoms with Gasteiger partial charge in [0.1, 0.15) is 0 Å². The van der Waals surface area contributed by atoms with Crippen molar-refractivity contribution in [1.82, 2.24) is 9.80 Å². The molecule has 0 bridgehead atoms. The predicted molar refractivity (Wildman–Crippen MR) is 66.4 cm³/mol. The summed E-state index contributed by atoms with van der Waals surface area (Å²) < 4.78 is 0. The highest BCUT2D eigenvalue weighted by Crippen LogP contribution is 2.41. The van der Waals surface area contributed by atoms with Crippen molar-refractivity contribution in [2.24, 2.45) is 11.7 Å². The second kappa shape index (κ2) is 3.97. The van der Waals surface area contributed by atoms with Crippen LogP contribution in [0.3, 0.4) is 0 Å². The molecule has 92 valence electrons. The molecule has 3 rings (SSSR count). The van der Waals surface area contributed by atoms with Crippen LogP contribution < -0.4 is 5.73 Å². The van der Waals surface area contributed by atoms with Gasteiger partial charge in [0.15, 0.2) is 0 Å². The lowest BCUT2D eigenvalue weighted by molar-refractivity contribution is 0.0859. The van der Waals surface area contributed by atoms with E-state index in [1.165, 1.54) is 51.9 Å². The monoisotopic (exact) mass is 223 g/mol. The van der Waals surface area contributed by atoms with Crippen LogP contribution in [0, 0.1) is 5.92 Å². The lowest BCUT2D eigenvalue weighted by Gasteiger charge is -2.42. The molecule has 0 saturated carbocycles. The van der Waals surface area contributed by atoms with Crippen LogP contribution in [0.2, 0.25) is 0 Å². The van der Waals surface area contributed by atoms with Crippen LogP contribution in [0.4, 0.5) is 0 Å². The number of nitrogens with zero attached hydrogens (tertiary/aromatic N) is 2. The second-order valence-electron chi connectivity index (χ2n) is 6.09.